The first kappa shape index (κ1) is 15.0. The largest absolute Gasteiger partial charge is 0.507 e. The fraction of sp³-hybridized carbons (Fsp3) is 0. The second-order valence-corrected chi connectivity index (χ2v) is 7.54. The molecular formula is C14H7IO6S. The van der Waals surface area contributed by atoms with E-state index in [2.05, 4.69) is 0 Å². The van der Waals surface area contributed by atoms with Gasteiger partial charge in [0.1, 0.15) is 16.4 Å². The van der Waals surface area contributed by atoms with E-state index in [9.17, 15) is 23.1 Å². The summed E-state index contributed by atoms with van der Waals surface area (Å²) in [5.74, 6) is -1.70. The van der Waals surface area contributed by atoms with Gasteiger partial charge < -0.3 is 9.84 Å². The average Bonchev–Trinajstić information content (AvgIpc) is 2.45. The molecule has 1 aliphatic rings. The minimum Gasteiger partial charge on any atom is -0.507 e. The Morgan fingerprint density at radius 1 is 1.09 bits per heavy atom. The third kappa shape index (κ3) is 2.18. The van der Waals surface area contributed by atoms with Crippen LogP contribution in [-0.4, -0.2) is 24.6 Å². The number of fused-ring (bicyclic) bond motifs is 2. The molecule has 2 aromatic rings. The monoisotopic (exact) mass is 430 g/mol. The number of sulfone groups is 1. The van der Waals surface area contributed by atoms with Gasteiger partial charge in [-0.1, -0.05) is 12.1 Å². The normalized spacial score (nSPS) is 16.0. The molecule has 0 spiro atoms. The number of ether oxygens (including phenoxy) is 1. The summed E-state index contributed by atoms with van der Waals surface area (Å²) >= 11 is 1.83. The molecule has 1 heterocycles. The number of benzene rings is 2. The number of para-hydroxylation sites is 1. The highest BCUT2D eigenvalue weighted by Crippen LogP contribution is 2.35. The number of carbonyl (C=O) groups is 2. The number of aromatic hydroxyl groups is 1. The number of phenolic OH excluding ortho intramolecular Hbond substituents is 1. The first-order valence-corrected chi connectivity index (χ1v) is 8.51. The van der Waals surface area contributed by atoms with E-state index in [1.807, 2.05) is 22.6 Å². The van der Waals surface area contributed by atoms with Crippen molar-refractivity contribution in [1.29, 1.82) is 0 Å². The molecule has 0 saturated carbocycles. The van der Waals surface area contributed by atoms with E-state index < -0.39 is 37.1 Å². The van der Waals surface area contributed by atoms with Crippen LogP contribution in [0.4, 0.5) is 0 Å². The SMILES string of the molecule is O=C1Oc2ccccc2S(=O)(=O)C(=O)c2c(O)cc(I)cc21. The van der Waals surface area contributed by atoms with E-state index >= 15 is 0 Å². The molecule has 1 aliphatic heterocycles. The summed E-state index contributed by atoms with van der Waals surface area (Å²) in [5.41, 5.74) is -0.854. The quantitative estimate of drug-likeness (QED) is 0.391. The molecule has 8 heteroatoms. The minimum atomic E-state index is -4.43. The van der Waals surface area contributed by atoms with Crippen LogP contribution < -0.4 is 4.74 Å². The van der Waals surface area contributed by atoms with Gasteiger partial charge in [-0.2, -0.15) is 0 Å². The van der Waals surface area contributed by atoms with Gasteiger partial charge in [-0.05, 0) is 46.9 Å². The maximum absolute atomic E-state index is 12.4. The highest BCUT2D eigenvalue weighted by atomic mass is 127. The number of hydrogen-bond donors (Lipinski definition) is 1. The number of hydrogen-bond acceptors (Lipinski definition) is 6. The number of esters is 1. The molecule has 1 N–H and O–H groups in total. The molecule has 0 radical (unpaired) electrons. The zero-order chi connectivity index (χ0) is 16.1. The minimum absolute atomic E-state index is 0.218. The maximum atomic E-state index is 12.4. The van der Waals surface area contributed by atoms with Crippen LogP contribution in [0.5, 0.6) is 11.5 Å². The Balaban J connectivity index is 2.39. The smallest absolute Gasteiger partial charge is 0.344 e. The van der Waals surface area contributed by atoms with E-state index in [-0.39, 0.29) is 11.3 Å². The van der Waals surface area contributed by atoms with Crippen LogP contribution in [0.15, 0.2) is 41.3 Å². The zero-order valence-corrected chi connectivity index (χ0v) is 13.7. The molecular weight excluding hydrogens is 423 g/mol. The number of carbonyl (C=O) groups excluding carboxylic acids is 2. The fourth-order valence-electron chi connectivity index (χ4n) is 2.11. The van der Waals surface area contributed by atoms with Crippen molar-refractivity contribution in [3.8, 4) is 11.5 Å². The van der Waals surface area contributed by atoms with Crippen molar-refractivity contribution in [1.82, 2.24) is 0 Å². The first-order chi connectivity index (χ1) is 10.3. The summed E-state index contributed by atoms with van der Waals surface area (Å²) in [6.07, 6.45) is 0. The molecule has 0 amide bonds. The average molecular weight is 430 g/mol. The van der Waals surface area contributed by atoms with Crippen LogP contribution in [0.3, 0.4) is 0 Å². The molecule has 0 fully saturated rings. The maximum Gasteiger partial charge on any atom is 0.344 e. The van der Waals surface area contributed by atoms with Crippen molar-refractivity contribution in [3.63, 3.8) is 0 Å². The van der Waals surface area contributed by atoms with Crippen LogP contribution in [0.2, 0.25) is 0 Å². The van der Waals surface area contributed by atoms with Crippen molar-refractivity contribution in [3.05, 3.63) is 51.1 Å². The predicted molar refractivity (Wildman–Crippen MR) is 83.7 cm³/mol. The van der Waals surface area contributed by atoms with Gasteiger partial charge in [-0.3, -0.25) is 4.79 Å². The van der Waals surface area contributed by atoms with Crippen LogP contribution in [0.1, 0.15) is 20.7 Å². The Hall–Kier alpha value is -1.94. The fourth-order valence-corrected chi connectivity index (χ4v) is 4.04. The van der Waals surface area contributed by atoms with Crippen molar-refractivity contribution >= 4 is 43.5 Å². The van der Waals surface area contributed by atoms with E-state index in [1.54, 1.807) is 0 Å². The summed E-state index contributed by atoms with van der Waals surface area (Å²) in [6, 6.07) is 7.85. The van der Waals surface area contributed by atoms with Crippen molar-refractivity contribution in [2.24, 2.45) is 0 Å². The molecule has 3 rings (SSSR count). The van der Waals surface area contributed by atoms with Gasteiger partial charge in [0.05, 0.1) is 11.1 Å². The molecule has 0 bridgehead atoms. The van der Waals surface area contributed by atoms with Crippen LogP contribution in [0, 0.1) is 3.57 Å². The lowest BCUT2D eigenvalue weighted by Gasteiger charge is -2.16. The summed E-state index contributed by atoms with van der Waals surface area (Å²) in [6.45, 7) is 0. The van der Waals surface area contributed by atoms with Gasteiger partial charge in [-0.25, -0.2) is 13.2 Å². The summed E-state index contributed by atoms with van der Waals surface area (Å²) in [5, 5.41) is 8.59. The molecule has 6 nitrogen and oxygen atoms in total. The number of halogens is 1. The summed E-state index contributed by atoms with van der Waals surface area (Å²) in [7, 11) is -4.43. The van der Waals surface area contributed by atoms with Gasteiger partial charge in [0.2, 0.25) is 9.84 Å². The van der Waals surface area contributed by atoms with Gasteiger partial charge in [0.15, 0.2) is 0 Å². The standard InChI is InChI=1S/C14H7IO6S/c15-7-5-8-12(9(16)6-7)14(18)22(19,20)11-4-2-1-3-10(11)21-13(8)17/h1-6,16H. The molecule has 0 atom stereocenters. The summed E-state index contributed by atoms with van der Waals surface area (Å²) in [4.78, 5) is 24.2. The second kappa shape index (κ2) is 5.06. The van der Waals surface area contributed by atoms with E-state index in [4.69, 9.17) is 4.74 Å². The van der Waals surface area contributed by atoms with E-state index in [0.29, 0.717) is 3.57 Å². The Labute approximate surface area is 138 Å². The molecule has 22 heavy (non-hydrogen) atoms. The van der Waals surface area contributed by atoms with Gasteiger partial charge in [-0.15, -0.1) is 0 Å². The van der Waals surface area contributed by atoms with Gasteiger partial charge in [0.25, 0.3) is 5.12 Å². The number of phenols is 1. The zero-order valence-electron chi connectivity index (χ0n) is 10.7. The van der Waals surface area contributed by atoms with Crippen LogP contribution >= 0.6 is 22.6 Å². The lowest BCUT2D eigenvalue weighted by atomic mass is 10.1. The third-order valence-electron chi connectivity index (χ3n) is 3.09. The number of rotatable bonds is 0. The Bertz CT molecular complexity index is 932. The van der Waals surface area contributed by atoms with Crippen molar-refractivity contribution in [2.45, 2.75) is 4.90 Å². The lowest BCUT2D eigenvalue weighted by molar-refractivity contribution is 0.0724. The second-order valence-electron chi connectivity index (χ2n) is 4.47. The highest BCUT2D eigenvalue weighted by molar-refractivity contribution is 14.1. The summed E-state index contributed by atoms with van der Waals surface area (Å²) < 4.78 is 30.4. The first-order valence-electron chi connectivity index (χ1n) is 5.95. The molecule has 0 saturated heterocycles. The topological polar surface area (TPSA) is 97.7 Å². The van der Waals surface area contributed by atoms with Gasteiger partial charge >= 0.3 is 5.97 Å². The third-order valence-corrected chi connectivity index (χ3v) is 5.32. The molecule has 0 aliphatic carbocycles. The molecule has 2 aromatic carbocycles. The molecule has 0 aromatic heterocycles. The highest BCUT2D eigenvalue weighted by Gasteiger charge is 2.37. The predicted octanol–water partition coefficient (Wildman–Crippen LogP) is 2.14. The molecule has 0 unspecified atom stereocenters. The van der Waals surface area contributed by atoms with E-state index in [1.165, 1.54) is 36.4 Å². The van der Waals surface area contributed by atoms with Crippen LogP contribution in [-0.2, 0) is 9.84 Å². The van der Waals surface area contributed by atoms with Crippen LogP contribution in [0.25, 0.3) is 0 Å². The van der Waals surface area contributed by atoms with E-state index in [0.717, 1.165) is 0 Å². The van der Waals surface area contributed by atoms with Crippen molar-refractivity contribution in [2.75, 3.05) is 0 Å². The Kier molecular flexibility index (Phi) is 3.44. The Morgan fingerprint density at radius 3 is 2.50 bits per heavy atom. The molecule has 112 valence electrons. The lowest BCUT2D eigenvalue weighted by Crippen LogP contribution is -2.25. The van der Waals surface area contributed by atoms with Gasteiger partial charge in [0, 0.05) is 3.57 Å². The van der Waals surface area contributed by atoms with Crippen molar-refractivity contribution < 1.29 is 27.9 Å². The Morgan fingerprint density at radius 2 is 1.77 bits per heavy atom.